The van der Waals surface area contributed by atoms with E-state index < -0.39 is 11.7 Å². The van der Waals surface area contributed by atoms with E-state index in [0.29, 0.717) is 5.56 Å². The Kier molecular flexibility index (Phi) is 2.14. The molecule has 0 saturated heterocycles. The molecule has 0 aliphatic heterocycles. The van der Waals surface area contributed by atoms with Crippen LogP contribution in [0.4, 0.5) is 5.69 Å². The number of H-pyrrole nitrogens is 1. The summed E-state index contributed by atoms with van der Waals surface area (Å²) in [4.78, 5) is 13.6. The van der Waals surface area contributed by atoms with Crippen molar-refractivity contribution in [2.75, 3.05) is 5.73 Å². The quantitative estimate of drug-likeness (QED) is 0.703. The average molecular weight is 217 g/mol. The Balaban J connectivity index is 2.68. The van der Waals surface area contributed by atoms with Crippen molar-refractivity contribution in [2.24, 2.45) is 0 Å². The number of hydrogen-bond acceptors (Lipinski definition) is 4. The van der Waals surface area contributed by atoms with Gasteiger partial charge in [-0.15, -0.1) is 0 Å². The minimum absolute atomic E-state index is 0.0389. The van der Waals surface area contributed by atoms with Gasteiger partial charge in [-0.2, -0.15) is 5.26 Å². The van der Waals surface area contributed by atoms with Crippen LogP contribution in [0.2, 0.25) is 0 Å². The molecule has 80 valence electrons. The molecule has 2 aromatic rings. The maximum atomic E-state index is 10.8. The summed E-state index contributed by atoms with van der Waals surface area (Å²) in [5, 5.41) is 17.7. The topological polar surface area (TPSA) is 116 Å². The van der Waals surface area contributed by atoms with Crippen LogP contribution in [0.15, 0.2) is 22.9 Å². The predicted octanol–water partition coefficient (Wildman–Crippen LogP) is 1.43. The minimum atomic E-state index is -1.30. The summed E-state index contributed by atoms with van der Waals surface area (Å²) in [5.41, 5.74) is 5.99. The van der Waals surface area contributed by atoms with E-state index in [1.165, 1.54) is 0 Å². The molecule has 0 bridgehead atoms. The number of rotatable bonds is 2. The van der Waals surface area contributed by atoms with Crippen molar-refractivity contribution in [3.05, 3.63) is 29.8 Å². The molecule has 4 N–H and O–H groups in total. The summed E-state index contributed by atoms with van der Waals surface area (Å²) in [6, 6.07) is 3.49. The number of aromatic carboxylic acids is 1. The lowest BCUT2D eigenvalue weighted by molar-refractivity contribution is 0.0665. The molecule has 0 amide bonds. The summed E-state index contributed by atoms with van der Waals surface area (Å²) in [6.07, 6.45) is 3.22. The molecule has 2 rings (SSSR count). The third kappa shape index (κ3) is 1.31. The number of carboxylic acid groups (broad SMARTS) is 1. The van der Waals surface area contributed by atoms with E-state index in [0.717, 1.165) is 0 Å². The van der Waals surface area contributed by atoms with Crippen molar-refractivity contribution in [3.63, 3.8) is 0 Å². The Morgan fingerprint density at radius 1 is 1.62 bits per heavy atom. The van der Waals surface area contributed by atoms with E-state index >= 15 is 0 Å². The molecule has 0 radical (unpaired) electrons. The molecule has 0 spiro atoms. The van der Waals surface area contributed by atoms with E-state index in [2.05, 4.69) is 4.98 Å². The lowest BCUT2D eigenvalue weighted by atomic mass is 10.1. The van der Waals surface area contributed by atoms with Crippen LogP contribution < -0.4 is 5.73 Å². The van der Waals surface area contributed by atoms with Gasteiger partial charge in [0.15, 0.2) is 5.76 Å². The van der Waals surface area contributed by atoms with Gasteiger partial charge < -0.3 is 20.2 Å². The molecule has 0 aromatic carbocycles. The summed E-state index contributed by atoms with van der Waals surface area (Å²) in [7, 11) is 0. The molecule has 6 nitrogen and oxygen atoms in total. The Hall–Kier alpha value is -2.68. The van der Waals surface area contributed by atoms with Gasteiger partial charge in [0.2, 0.25) is 5.76 Å². The van der Waals surface area contributed by atoms with Crippen LogP contribution in [-0.2, 0) is 0 Å². The third-order valence-corrected chi connectivity index (χ3v) is 2.11. The standard InChI is InChI=1S/C10H7N3O3/c11-3-6-7(12)9(10(14)15)16-8(6)5-1-2-13-4-5/h1-2,4,13H,12H2,(H,14,15). The molecule has 16 heavy (non-hydrogen) atoms. The number of nitrogens with two attached hydrogens (primary N) is 1. The zero-order valence-corrected chi connectivity index (χ0v) is 8.02. The summed E-state index contributed by atoms with van der Waals surface area (Å²) >= 11 is 0. The minimum Gasteiger partial charge on any atom is -0.475 e. The second-order valence-electron chi connectivity index (χ2n) is 3.07. The second kappa shape index (κ2) is 3.47. The van der Waals surface area contributed by atoms with Crippen molar-refractivity contribution >= 4 is 11.7 Å². The van der Waals surface area contributed by atoms with Crippen molar-refractivity contribution in [2.45, 2.75) is 0 Å². The highest BCUT2D eigenvalue weighted by molar-refractivity contribution is 5.94. The second-order valence-corrected chi connectivity index (χ2v) is 3.07. The van der Waals surface area contributed by atoms with Crippen molar-refractivity contribution < 1.29 is 14.3 Å². The monoisotopic (exact) mass is 217 g/mol. The predicted molar refractivity (Wildman–Crippen MR) is 54.6 cm³/mol. The summed E-state index contributed by atoms with van der Waals surface area (Å²) < 4.78 is 5.08. The number of anilines is 1. The first-order chi connectivity index (χ1) is 7.65. The van der Waals surface area contributed by atoms with Gasteiger partial charge in [0.1, 0.15) is 17.3 Å². The molecule has 0 aliphatic carbocycles. The number of carbonyl (C=O) groups is 1. The molecular weight excluding hydrogens is 210 g/mol. The van der Waals surface area contributed by atoms with Gasteiger partial charge in [0.05, 0.1) is 0 Å². The number of nitrogens with zero attached hydrogens (tertiary/aromatic N) is 1. The van der Waals surface area contributed by atoms with Gasteiger partial charge in [0, 0.05) is 18.0 Å². The number of furan rings is 1. The zero-order chi connectivity index (χ0) is 11.7. The smallest absolute Gasteiger partial charge is 0.374 e. The number of nitriles is 1. The summed E-state index contributed by atoms with van der Waals surface area (Å²) in [5.74, 6) is -1.54. The first kappa shape index (κ1) is 9.86. The number of nitrogen functional groups attached to an aromatic ring is 1. The highest BCUT2D eigenvalue weighted by atomic mass is 16.4. The normalized spacial score (nSPS) is 9.94. The van der Waals surface area contributed by atoms with Crippen molar-refractivity contribution in [1.82, 2.24) is 4.98 Å². The first-order valence-corrected chi connectivity index (χ1v) is 4.34. The third-order valence-electron chi connectivity index (χ3n) is 2.11. The number of aromatic nitrogens is 1. The molecule has 0 atom stereocenters. The fourth-order valence-corrected chi connectivity index (χ4v) is 1.38. The Morgan fingerprint density at radius 3 is 2.88 bits per heavy atom. The molecule has 6 heteroatoms. The van der Waals surface area contributed by atoms with Crippen LogP contribution in [0.1, 0.15) is 16.1 Å². The summed E-state index contributed by atoms with van der Waals surface area (Å²) in [6.45, 7) is 0. The van der Waals surface area contributed by atoms with Crippen LogP contribution in [0.25, 0.3) is 11.3 Å². The Bertz CT molecular complexity index is 575. The van der Waals surface area contributed by atoms with E-state index in [1.54, 1.807) is 18.5 Å². The first-order valence-electron chi connectivity index (χ1n) is 4.34. The molecule has 2 heterocycles. The molecule has 0 fully saturated rings. The van der Waals surface area contributed by atoms with Gasteiger partial charge in [-0.3, -0.25) is 0 Å². The molecule has 0 saturated carbocycles. The fourth-order valence-electron chi connectivity index (χ4n) is 1.38. The van der Waals surface area contributed by atoms with Gasteiger partial charge in [-0.05, 0) is 6.07 Å². The van der Waals surface area contributed by atoms with Crippen LogP contribution in [0, 0.1) is 11.3 Å². The van der Waals surface area contributed by atoms with Crippen LogP contribution >= 0.6 is 0 Å². The average Bonchev–Trinajstić information content (AvgIpc) is 2.83. The number of aromatic amines is 1. The number of nitrogens with one attached hydrogen (secondary N) is 1. The van der Waals surface area contributed by atoms with E-state index in [1.807, 2.05) is 6.07 Å². The number of carboxylic acids is 1. The van der Waals surface area contributed by atoms with Crippen LogP contribution in [0.5, 0.6) is 0 Å². The van der Waals surface area contributed by atoms with Crippen molar-refractivity contribution in [1.29, 1.82) is 5.26 Å². The zero-order valence-electron chi connectivity index (χ0n) is 8.02. The molecule has 0 unspecified atom stereocenters. The van der Waals surface area contributed by atoms with Gasteiger partial charge in [-0.1, -0.05) is 0 Å². The van der Waals surface area contributed by atoms with E-state index in [4.69, 9.17) is 20.5 Å². The molecule has 2 aromatic heterocycles. The molecule has 0 aliphatic rings. The van der Waals surface area contributed by atoms with E-state index in [9.17, 15) is 4.79 Å². The maximum Gasteiger partial charge on any atom is 0.374 e. The van der Waals surface area contributed by atoms with E-state index in [-0.39, 0.29) is 17.0 Å². The fraction of sp³-hybridized carbons (Fsp3) is 0. The number of hydrogen-bond donors (Lipinski definition) is 3. The highest BCUT2D eigenvalue weighted by Gasteiger charge is 2.23. The largest absolute Gasteiger partial charge is 0.475 e. The Labute approximate surface area is 89.9 Å². The van der Waals surface area contributed by atoms with Crippen molar-refractivity contribution in [3.8, 4) is 17.4 Å². The van der Waals surface area contributed by atoms with Gasteiger partial charge >= 0.3 is 5.97 Å². The van der Waals surface area contributed by atoms with Gasteiger partial charge in [-0.25, -0.2) is 4.79 Å². The Morgan fingerprint density at radius 2 is 2.38 bits per heavy atom. The molecular formula is C10H7N3O3. The SMILES string of the molecule is N#Cc1c(-c2cc[nH]c2)oc(C(=O)O)c1N. The lowest BCUT2D eigenvalue weighted by Crippen LogP contribution is -1.99. The highest BCUT2D eigenvalue weighted by Crippen LogP contribution is 2.32. The lowest BCUT2D eigenvalue weighted by Gasteiger charge is -1.90. The van der Waals surface area contributed by atoms with Crippen LogP contribution in [-0.4, -0.2) is 16.1 Å². The van der Waals surface area contributed by atoms with Gasteiger partial charge in [0.25, 0.3) is 0 Å². The van der Waals surface area contributed by atoms with Crippen LogP contribution in [0.3, 0.4) is 0 Å². The maximum absolute atomic E-state index is 10.8.